The molecule has 0 aliphatic carbocycles. The van der Waals surface area contributed by atoms with E-state index in [0.717, 1.165) is 19.3 Å². The third kappa shape index (κ3) is 619. The monoisotopic (exact) mass is 258 g/mol. The Morgan fingerprint density at radius 2 is 0.727 bits per heavy atom. The zero-order valence-corrected chi connectivity index (χ0v) is 14.6. The standard InChI is InChI=1S/3C3H7.2Zn.H/c3*1-3-2;;;/h3*1,3H2,2H3;;;/q3*-1;2*+2;-1. The van der Waals surface area contributed by atoms with E-state index in [4.69, 9.17) is 0 Å². The second kappa shape index (κ2) is 65.5. The van der Waals surface area contributed by atoms with Crippen molar-refractivity contribution in [2.45, 2.75) is 40.0 Å². The first-order chi connectivity index (χ1) is 4.24. The van der Waals surface area contributed by atoms with Crippen molar-refractivity contribution >= 4 is 0 Å². The molecule has 0 aromatic heterocycles. The van der Waals surface area contributed by atoms with Crippen molar-refractivity contribution in [2.24, 2.45) is 0 Å². The van der Waals surface area contributed by atoms with Gasteiger partial charge in [0.25, 0.3) is 0 Å². The minimum absolute atomic E-state index is 0. The quantitative estimate of drug-likeness (QED) is 0.459. The summed E-state index contributed by atoms with van der Waals surface area (Å²) in [4.78, 5) is 0. The maximum atomic E-state index is 3.49. The van der Waals surface area contributed by atoms with E-state index in [2.05, 4.69) is 20.8 Å². The molecule has 0 aromatic rings. The first-order valence-corrected chi connectivity index (χ1v) is 3.62. The molecule has 0 aromatic carbocycles. The Labute approximate surface area is 101 Å². The fourth-order valence-electron chi connectivity index (χ4n) is 0. The fraction of sp³-hybridized carbons (Fsp3) is 0.667. The van der Waals surface area contributed by atoms with Gasteiger partial charge >= 0.3 is 39.0 Å². The molecule has 0 saturated heterocycles. The van der Waals surface area contributed by atoms with Crippen LogP contribution in [0.3, 0.4) is 0 Å². The maximum absolute atomic E-state index is 3.49. The predicted octanol–water partition coefficient (Wildman–Crippen LogP) is 3.80. The van der Waals surface area contributed by atoms with Crippen LogP contribution in [0, 0.1) is 20.8 Å². The maximum Gasteiger partial charge on any atom is 2.00 e. The van der Waals surface area contributed by atoms with Crippen LogP contribution in [0.15, 0.2) is 0 Å². The second-order valence-corrected chi connectivity index (χ2v) is 1.50. The van der Waals surface area contributed by atoms with Crippen molar-refractivity contribution < 1.29 is 40.4 Å². The minimum atomic E-state index is 0. The van der Waals surface area contributed by atoms with Crippen molar-refractivity contribution in [3.8, 4) is 0 Å². The summed E-state index contributed by atoms with van der Waals surface area (Å²) in [6, 6.07) is 0. The zero-order chi connectivity index (χ0) is 8.12. The summed E-state index contributed by atoms with van der Waals surface area (Å²) in [5, 5.41) is 0. The average molecular weight is 261 g/mol. The summed E-state index contributed by atoms with van der Waals surface area (Å²) in [6.45, 7) is 16.5. The van der Waals surface area contributed by atoms with Gasteiger partial charge < -0.3 is 22.2 Å². The van der Waals surface area contributed by atoms with Gasteiger partial charge in [0.2, 0.25) is 0 Å². The van der Waals surface area contributed by atoms with E-state index in [1.54, 1.807) is 0 Å². The van der Waals surface area contributed by atoms with Gasteiger partial charge in [-0.25, -0.2) is 0 Å². The van der Waals surface area contributed by atoms with Crippen LogP contribution in [0.25, 0.3) is 0 Å². The van der Waals surface area contributed by atoms with Crippen LogP contribution in [0.5, 0.6) is 0 Å². The molecule has 0 aliphatic heterocycles. The summed E-state index contributed by atoms with van der Waals surface area (Å²) in [5.74, 6) is 0. The summed E-state index contributed by atoms with van der Waals surface area (Å²) >= 11 is 0. The molecule has 0 heterocycles. The molecule has 0 radical (unpaired) electrons. The molecule has 0 spiro atoms. The number of rotatable bonds is 0. The molecule has 0 fully saturated rings. The van der Waals surface area contributed by atoms with Gasteiger partial charge in [0.1, 0.15) is 0 Å². The van der Waals surface area contributed by atoms with Crippen molar-refractivity contribution in [3.63, 3.8) is 0 Å². The van der Waals surface area contributed by atoms with Gasteiger partial charge in [0.05, 0.1) is 0 Å². The van der Waals surface area contributed by atoms with Gasteiger partial charge in [-0.05, 0) is 0 Å². The van der Waals surface area contributed by atoms with E-state index in [9.17, 15) is 0 Å². The molecule has 11 heavy (non-hydrogen) atoms. The molecule has 0 aliphatic rings. The van der Waals surface area contributed by atoms with Crippen LogP contribution in [0.4, 0.5) is 0 Å². The van der Waals surface area contributed by atoms with Gasteiger partial charge in [-0.3, -0.25) is 0 Å². The Bertz CT molecular complexity index is 17.2. The van der Waals surface area contributed by atoms with Crippen molar-refractivity contribution in [3.05, 3.63) is 20.8 Å². The molecule has 0 atom stereocenters. The Balaban J connectivity index is -0.00000001000. The van der Waals surface area contributed by atoms with E-state index < -0.39 is 0 Å². The second-order valence-electron chi connectivity index (χ2n) is 1.50. The fourth-order valence-corrected chi connectivity index (χ4v) is 0. The van der Waals surface area contributed by atoms with Crippen molar-refractivity contribution in [1.82, 2.24) is 0 Å². The van der Waals surface area contributed by atoms with E-state index in [-0.39, 0.29) is 40.4 Å². The molecule has 2 heteroatoms. The van der Waals surface area contributed by atoms with E-state index in [1.165, 1.54) is 0 Å². The van der Waals surface area contributed by atoms with Gasteiger partial charge in [0.15, 0.2) is 0 Å². The molecule has 0 amide bonds. The van der Waals surface area contributed by atoms with Crippen LogP contribution in [-0.2, 0) is 39.0 Å². The summed E-state index contributed by atoms with van der Waals surface area (Å²) < 4.78 is 0. The topological polar surface area (TPSA) is 0 Å². The molecule has 62 valence electrons. The van der Waals surface area contributed by atoms with Crippen LogP contribution in [0.2, 0.25) is 0 Å². The van der Waals surface area contributed by atoms with Crippen LogP contribution in [-0.4, -0.2) is 0 Å². The smallest absolute Gasteiger partial charge is 1.00 e. The van der Waals surface area contributed by atoms with E-state index >= 15 is 0 Å². The van der Waals surface area contributed by atoms with E-state index in [0.29, 0.717) is 0 Å². The van der Waals surface area contributed by atoms with Gasteiger partial charge in [-0.1, -0.05) is 20.8 Å². The van der Waals surface area contributed by atoms with Gasteiger partial charge in [-0.2, -0.15) is 19.3 Å². The van der Waals surface area contributed by atoms with Gasteiger partial charge in [-0.15, -0.1) is 0 Å². The summed E-state index contributed by atoms with van der Waals surface area (Å²) in [5.41, 5.74) is 0. The zero-order valence-electron chi connectivity index (χ0n) is 9.66. The third-order valence-corrected chi connectivity index (χ3v) is 0. The Hall–Kier alpha value is 1.25. The summed E-state index contributed by atoms with van der Waals surface area (Å²) in [7, 11) is 0. The number of hydrogen-bond donors (Lipinski definition) is 0. The van der Waals surface area contributed by atoms with Gasteiger partial charge in [0, 0.05) is 0 Å². The first-order valence-electron chi connectivity index (χ1n) is 3.62. The molecule has 0 unspecified atom stereocenters. The Kier molecular flexibility index (Phi) is 176. The SMILES string of the molecule is [CH2-]CC.[CH2-]CC.[CH2-]CC.[H-].[Zn+2].[Zn+2]. The Morgan fingerprint density at radius 3 is 0.727 bits per heavy atom. The molecule has 0 rings (SSSR count). The van der Waals surface area contributed by atoms with Crippen LogP contribution >= 0.6 is 0 Å². The largest absolute Gasteiger partial charge is 2.00 e. The molecule has 0 N–H and O–H groups in total. The predicted molar refractivity (Wildman–Crippen MR) is 48.1 cm³/mol. The number of hydrogen-bond acceptors (Lipinski definition) is 0. The Morgan fingerprint density at radius 1 is 0.727 bits per heavy atom. The van der Waals surface area contributed by atoms with Crippen LogP contribution in [0.1, 0.15) is 41.5 Å². The van der Waals surface area contributed by atoms with Crippen LogP contribution < -0.4 is 0 Å². The molecular formula is C9H22Zn2. The molecular weight excluding hydrogens is 239 g/mol. The minimum Gasteiger partial charge on any atom is -1.00 e. The first kappa shape index (κ1) is 29.5. The molecule has 0 bridgehead atoms. The van der Waals surface area contributed by atoms with E-state index in [1.807, 2.05) is 20.8 Å². The third-order valence-electron chi connectivity index (χ3n) is 0. The molecule has 0 nitrogen and oxygen atoms in total. The van der Waals surface area contributed by atoms with Crippen molar-refractivity contribution in [1.29, 1.82) is 0 Å². The normalized spacial score (nSPS) is 4.91. The molecule has 0 saturated carbocycles. The van der Waals surface area contributed by atoms with Crippen molar-refractivity contribution in [2.75, 3.05) is 0 Å². The summed E-state index contributed by atoms with van der Waals surface area (Å²) in [6.07, 6.45) is 3.00. The average Bonchev–Trinajstić information content (AvgIpc) is 1.70.